The van der Waals surface area contributed by atoms with Crippen molar-refractivity contribution < 1.29 is 14.6 Å². The normalized spacial score (nSPS) is 16.4. The maximum Gasteiger partial charge on any atom is 0.119 e. The molecular formula is C21H35N3O3. The molecule has 3 rings (SSSR count). The molecule has 1 aromatic rings. The maximum atomic E-state index is 8.43. The van der Waals surface area contributed by atoms with Gasteiger partial charge in [0.05, 0.1) is 33.2 Å². The lowest BCUT2D eigenvalue weighted by atomic mass is 10.00. The van der Waals surface area contributed by atoms with Crippen molar-refractivity contribution in [3.63, 3.8) is 0 Å². The van der Waals surface area contributed by atoms with E-state index in [1.165, 1.54) is 24.0 Å². The zero-order chi connectivity index (χ0) is 19.7. The molecule has 6 nitrogen and oxygen atoms in total. The van der Waals surface area contributed by atoms with Crippen molar-refractivity contribution in [1.82, 2.24) is 16.2 Å². The lowest BCUT2D eigenvalue weighted by molar-refractivity contribution is 0.0765. The first-order chi connectivity index (χ1) is 13.2. The molecule has 0 spiro atoms. The highest BCUT2D eigenvalue weighted by atomic mass is 16.5. The van der Waals surface area contributed by atoms with Crippen LogP contribution in [-0.2, 0) is 11.2 Å². The van der Waals surface area contributed by atoms with E-state index in [1.807, 2.05) is 6.07 Å². The molecule has 27 heavy (non-hydrogen) atoms. The Bertz CT molecular complexity index is 548. The van der Waals surface area contributed by atoms with Crippen LogP contribution in [0.4, 0.5) is 0 Å². The number of methoxy groups -OCH3 is 2. The Balaban J connectivity index is 0.000000271. The molecule has 2 aliphatic rings. The fraction of sp³-hybridized carbons (Fsp3) is 0.524. The van der Waals surface area contributed by atoms with Crippen molar-refractivity contribution >= 4 is 0 Å². The van der Waals surface area contributed by atoms with E-state index >= 15 is 0 Å². The molecule has 1 fully saturated rings. The minimum atomic E-state index is -0.324. The van der Waals surface area contributed by atoms with Gasteiger partial charge < -0.3 is 14.6 Å². The highest BCUT2D eigenvalue weighted by Crippen LogP contribution is 2.18. The van der Waals surface area contributed by atoms with Gasteiger partial charge in [-0.3, -0.25) is 5.32 Å². The molecule has 152 valence electrons. The molecule has 1 aliphatic heterocycles. The van der Waals surface area contributed by atoms with Gasteiger partial charge in [-0.1, -0.05) is 35.9 Å². The third-order valence-corrected chi connectivity index (χ3v) is 3.87. The van der Waals surface area contributed by atoms with Gasteiger partial charge in [0.15, 0.2) is 0 Å². The number of hydrogen-bond acceptors (Lipinski definition) is 6. The predicted octanol–water partition coefficient (Wildman–Crippen LogP) is 2.52. The van der Waals surface area contributed by atoms with E-state index in [-0.39, 0.29) is 6.10 Å². The van der Waals surface area contributed by atoms with Crippen LogP contribution in [0.1, 0.15) is 31.7 Å². The average molecular weight is 378 g/mol. The molecule has 6 heteroatoms. The Hall–Kier alpha value is -1.70. The molecular weight excluding hydrogens is 342 g/mol. The second-order valence-electron chi connectivity index (χ2n) is 6.37. The van der Waals surface area contributed by atoms with Crippen LogP contribution in [0.5, 0.6) is 5.75 Å². The Morgan fingerprint density at radius 3 is 2.37 bits per heavy atom. The smallest absolute Gasteiger partial charge is 0.119 e. The van der Waals surface area contributed by atoms with Gasteiger partial charge in [0, 0.05) is 7.11 Å². The number of aryl methyl sites for hydroxylation is 1. The molecule has 1 atom stereocenters. The van der Waals surface area contributed by atoms with Gasteiger partial charge in [-0.05, 0) is 50.3 Å². The average Bonchev–Trinajstić information content (AvgIpc) is 3.28. The van der Waals surface area contributed by atoms with Crippen molar-refractivity contribution in [2.45, 2.75) is 38.7 Å². The summed E-state index contributed by atoms with van der Waals surface area (Å²) in [5.41, 5.74) is 8.54. The van der Waals surface area contributed by atoms with E-state index in [2.05, 4.69) is 57.3 Å². The van der Waals surface area contributed by atoms with Crippen molar-refractivity contribution in [3.8, 4) is 5.75 Å². The molecule has 0 radical (unpaired) electrons. The number of aliphatic hydroxyl groups is 1. The quantitative estimate of drug-likeness (QED) is 0.610. The Labute approximate surface area is 163 Å². The number of rotatable bonds is 6. The monoisotopic (exact) mass is 377 g/mol. The largest absolute Gasteiger partial charge is 0.497 e. The van der Waals surface area contributed by atoms with Gasteiger partial charge >= 0.3 is 0 Å². The third-order valence-electron chi connectivity index (χ3n) is 3.87. The lowest BCUT2D eigenvalue weighted by Crippen LogP contribution is -2.21. The summed E-state index contributed by atoms with van der Waals surface area (Å²) in [6.45, 7) is 3.89. The number of hydrazine groups is 1. The van der Waals surface area contributed by atoms with Crippen LogP contribution in [0.3, 0.4) is 0 Å². The van der Waals surface area contributed by atoms with E-state index in [0.29, 0.717) is 6.61 Å². The second kappa shape index (κ2) is 15.4. The first kappa shape index (κ1) is 23.3. The van der Waals surface area contributed by atoms with E-state index in [9.17, 15) is 0 Å². The summed E-state index contributed by atoms with van der Waals surface area (Å²) in [6.07, 6.45) is 11.2. The van der Waals surface area contributed by atoms with Crippen LogP contribution < -0.4 is 20.9 Å². The molecule has 0 amide bonds. The van der Waals surface area contributed by atoms with Gasteiger partial charge in [-0.25, -0.2) is 10.9 Å². The zero-order valence-corrected chi connectivity index (χ0v) is 16.8. The van der Waals surface area contributed by atoms with Crippen molar-refractivity contribution in [2.24, 2.45) is 0 Å². The van der Waals surface area contributed by atoms with Gasteiger partial charge in [-0.15, -0.1) is 0 Å². The number of aliphatic hydroxyl groups excluding tert-OH is 1. The Morgan fingerprint density at radius 1 is 1.11 bits per heavy atom. The zero-order valence-electron chi connectivity index (χ0n) is 16.8. The van der Waals surface area contributed by atoms with E-state index in [4.69, 9.17) is 9.84 Å². The molecule has 1 heterocycles. The van der Waals surface area contributed by atoms with E-state index in [1.54, 1.807) is 21.1 Å². The highest BCUT2D eigenvalue weighted by molar-refractivity contribution is 5.30. The first-order valence-corrected chi connectivity index (χ1v) is 9.47. The van der Waals surface area contributed by atoms with E-state index in [0.717, 1.165) is 31.9 Å². The van der Waals surface area contributed by atoms with Crippen LogP contribution in [0.25, 0.3) is 0 Å². The number of ether oxygens (including phenoxy) is 2. The van der Waals surface area contributed by atoms with Crippen molar-refractivity contribution in [3.05, 3.63) is 53.6 Å². The van der Waals surface area contributed by atoms with Crippen LogP contribution in [0.2, 0.25) is 0 Å². The summed E-state index contributed by atoms with van der Waals surface area (Å²) >= 11 is 0. The van der Waals surface area contributed by atoms with E-state index < -0.39 is 0 Å². The molecule has 4 N–H and O–H groups in total. The molecule has 1 aromatic carbocycles. The standard InChI is InChI=1S/C15H18O.C4H10O2.C2H7N3/c1-16-15-9-5-8-14(12-15)11-10-13-6-3-2-4-7-13;1-4(5)3-6-2;1-3-2-5-4-1/h3,5-9,12H,2,4,10-11H2,1H3;4-5H,3H2,1-2H3;3-5H,1-2H2/t;4-;/m.1./s1. The minimum absolute atomic E-state index is 0.324. The summed E-state index contributed by atoms with van der Waals surface area (Å²) in [7, 11) is 3.28. The fourth-order valence-electron chi connectivity index (χ4n) is 2.52. The predicted molar refractivity (Wildman–Crippen MR) is 110 cm³/mol. The van der Waals surface area contributed by atoms with Gasteiger partial charge in [0.2, 0.25) is 0 Å². The second-order valence-corrected chi connectivity index (χ2v) is 6.37. The summed E-state index contributed by atoms with van der Waals surface area (Å²) in [5, 5.41) is 11.4. The Morgan fingerprint density at radius 2 is 1.89 bits per heavy atom. The lowest BCUT2D eigenvalue weighted by Gasteiger charge is -2.07. The SMILES string of the molecule is C1NCNN1.COC[C@@H](C)O.COc1cccc(CCC2=CCCC=C2)c1. The third kappa shape index (κ3) is 12.3. The number of hydrogen-bond donors (Lipinski definition) is 4. The summed E-state index contributed by atoms with van der Waals surface area (Å²) < 4.78 is 9.77. The fourth-order valence-corrected chi connectivity index (χ4v) is 2.52. The number of allylic oxidation sites excluding steroid dienone is 4. The first-order valence-electron chi connectivity index (χ1n) is 9.47. The summed E-state index contributed by atoms with van der Waals surface area (Å²) in [5.74, 6) is 0.950. The molecule has 0 saturated carbocycles. The maximum absolute atomic E-state index is 8.43. The van der Waals surface area contributed by atoms with Crippen LogP contribution >= 0.6 is 0 Å². The van der Waals surface area contributed by atoms with Gasteiger partial charge in [0.1, 0.15) is 5.75 Å². The molecule has 1 saturated heterocycles. The van der Waals surface area contributed by atoms with Crippen LogP contribution in [-0.4, -0.2) is 45.4 Å². The number of benzene rings is 1. The van der Waals surface area contributed by atoms with Crippen molar-refractivity contribution in [1.29, 1.82) is 0 Å². The summed E-state index contributed by atoms with van der Waals surface area (Å²) in [6, 6.07) is 8.32. The Kier molecular flexibility index (Phi) is 13.3. The highest BCUT2D eigenvalue weighted by Gasteiger charge is 2.00. The van der Waals surface area contributed by atoms with Crippen LogP contribution in [0, 0.1) is 0 Å². The van der Waals surface area contributed by atoms with Gasteiger partial charge in [-0.2, -0.15) is 0 Å². The molecule has 0 aromatic heterocycles. The summed E-state index contributed by atoms with van der Waals surface area (Å²) in [4.78, 5) is 0. The minimum Gasteiger partial charge on any atom is -0.497 e. The molecule has 0 unspecified atom stereocenters. The topological polar surface area (TPSA) is 74.8 Å². The molecule has 1 aliphatic carbocycles. The van der Waals surface area contributed by atoms with Crippen molar-refractivity contribution in [2.75, 3.05) is 34.2 Å². The van der Waals surface area contributed by atoms with Crippen LogP contribution in [0.15, 0.2) is 48.1 Å². The molecule has 0 bridgehead atoms. The van der Waals surface area contributed by atoms with Gasteiger partial charge in [0.25, 0.3) is 0 Å². The number of nitrogens with one attached hydrogen (secondary N) is 3.